The molecule has 0 aliphatic carbocycles. The Morgan fingerprint density at radius 2 is 1.76 bits per heavy atom. The first kappa shape index (κ1) is 18.6. The minimum Gasteiger partial charge on any atom is -0.494 e. The fraction of sp³-hybridized carbons (Fsp3) is 0.0909. The van der Waals surface area contributed by atoms with Crippen molar-refractivity contribution < 1.29 is 18.3 Å². The standard InChI is InChI=1S/C22H17F2N3O2/c1-13-3-10-19-26-17(12-27(19)11-13)14-4-6-15(7-5-14)25-22(28)16-8-9-18(29-2)21(24)20(16)23/h3-12H,1-2H3,(H,25,28). The number of aromatic nitrogens is 2. The van der Waals surface area contributed by atoms with Crippen molar-refractivity contribution in [2.45, 2.75) is 6.92 Å². The lowest BCUT2D eigenvalue weighted by Crippen LogP contribution is -2.14. The van der Waals surface area contributed by atoms with E-state index in [9.17, 15) is 13.6 Å². The molecule has 146 valence electrons. The largest absolute Gasteiger partial charge is 0.494 e. The van der Waals surface area contributed by atoms with Crippen LogP contribution in [0.5, 0.6) is 5.75 Å². The van der Waals surface area contributed by atoms with Crippen LogP contribution in [-0.4, -0.2) is 22.4 Å². The lowest BCUT2D eigenvalue weighted by molar-refractivity contribution is 0.102. The van der Waals surface area contributed by atoms with E-state index >= 15 is 0 Å². The average molecular weight is 393 g/mol. The number of rotatable bonds is 4. The van der Waals surface area contributed by atoms with Crippen LogP contribution in [0.15, 0.2) is 60.9 Å². The zero-order chi connectivity index (χ0) is 20.5. The van der Waals surface area contributed by atoms with E-state index in [2.05, 4.69) is 10.3 Å². The molecule has 0 bridgehead atoms. The van der Waals surface area contributed by atoms with E-state index in [1.54, 1.807) is 24.3 Å². The monoisotopic (exact) mass is 393 g/mol. The number of methoxy groups -OCH3 is 1. The Labute approximate surface area is 165 Å². The molecule has 1 N–H and O–H groups in total. The summed E-state index contributed by atoms with van der Waals surface area (Å²) in [7, 11) is 1.23. The van der Waals surface area contributed by atoms with Crippen LogP contribution >= 0.6 is 0 Å². The molecule has 0 saturated heterocycles. The third kappa shape index (κ3) is 3.54. The number of pyridine rings is 1. The molecule has 0 radical (unpaired) electrons. The predicted molar refractivity (Wildman–Crippen MR) is 106 cm³/mol. The minimum absolute atomic E-state index is 0.258. The zero-order valence-corrected chi connectivity index (χ0v) is 15.7. The second-order valence-electron chi connectivity index (χ2n) is 6.57. The maximum atomic E-state index is 14.1. The molecule has 0 saturated carbocycles. The summed E-state index contributed by atoms with van der Waals surface area (Å²) in [5.41, 5.74) is 3.67. The number of ether oxygens (including phenoxy) is 1. The Balaban J connectivity index is 1.55. The summed E-state index contributed by atoms with van der Waals surface area (Å²) in [5, 5.41) is 2.56. The highest BCUT2D eigenvalue weighted by atomic mass is 19.2. The number of nitrogens with one attached hydrogen (secondary N) is 1. The summed E-state index contributed by atoms with van der Waals surface area (Å²) in [4.78, 5) is 16.9. The Hall–Kier alpha value is -3.74. The Kier molecular flexibility index (Phi) is 4.72. The summed E-state index contributed by atoms with van der Waals surface area (Å²) < 4.78 is 34.6. The van der Waals surface area contributed by atoms with Crippen LogP contribution < -0.4 is 10.1 Å². The van der Waals surface area contributed by atoms with Gasteiger partial charge in [-0.15, -0.1) is 0 Å². The minimum atomic E-state index is -1.25. The van der Waals surface area contributed by atoms with Crippen molar-refractivity contribution in [3.8, 4) is 17.0 Å². The van der Waals surface area contributed by atoms with Gasteiger partial charge in [-0.1, -0.05) is 18.2 Å². The van der Waals surface area contributed by atoms with E-state index in [0.29, 0.717) is 5.69 Å². The van der Waals surface area contributed by atoms with Crippen molar-refractivity contribution in [1.29, 1.82) is 0 Å². The molecule has 0 spiro atoms. The van der Waals surface area contributed by atoms with Gasteiger partial charge in [0.15, 0.2) is 11.6 Å². The summed E-state index contributed by atoms with van der Waals surface area (Å²) in [5.74, 6) is -3.46. The molecule has 2 aromatic carbocycles. The van der Waals surface area contributed by atoms with Crippen molar-refractivity contribution in [2.75, 3.05) is 12.4 Å². The van der Waals surface area contributed by atoms with Gasteiger partial charge in [0.2, 0.25) is 5.82 Å². The van der Waals surface area contributed by atoms with Crippen LogP contribution in [0.4, 0.5) is 14.5 Å². The number of nitrogens with zero attached hydrogens (tertiary/aromatic N) is 2. The lowest BCUT2D eigenvalue weighted by atomic mass is 10.1. The van der Waals surface area contributed by atoms with Crippen LogP contribution in [0.3, 0.4) is 0 Å². The third-order valence-electron chi connectivity index (χ3n) is 4.55. The van der Waals surface area contributed by atoms with Crippen LogP contribution in [-0.2, 0) is 0 Å². The van der Waals surface area contributed by atoms with Gasteiger partial charge < -0.3 is 14.5 Å². The van der Waals surface area contributed by atoms with Gasteiger partial charge in [-0.05, 0) is 42.8 Å². The van der Waals surface area contributed by atoms with Gasteiger partial charge in [0.05, 0.1) is 18.4 Å². The van der Waals surface area contributed by atoms with Crippen LogP contribution in [0.1, 0.15) is 15.9 Å². The summed E-state index contributed by atoms with van der Waals surface area (Å²) in [6.45, 7) is 2.01. The number of fused-ring (bicyclic) bond motifs is 1. The number of amides is 1. The van der Waals surface area contributed by atoms with Crippen LogP contribution in [0.2, 0.25) is 0 Å². The Morgan fingerprint density at radius 3 is 2.48 bits per heavy atom. The summed E-state index contributed by atoms with van der Waals surface area (Å²) in [6.07, 6.45) is 3.91. The number of aryl methyl sites for hydroxylation is 1. The van der Waals surface area contributed by atoms with Gasteiger partial charge in [-0.3, -0.25) is 4.79 Å². The summed E-state index contributed by atoms with van der Waals surface area (Å²) >= 11 is 0. The van der Waals surface area contributed by atoms with Crippen molar-refractivity contribution >= 4 is 17.2 Å². The molecule has 2 aromatic heterocycles. The number of halogens is 2. The smallest absolute Gasteiger partial charge is 0.258 e. The highest BCUT2D eigenvalue weighted by Crippen LogP contribution is 2.25. The van der Waals surface area contributed by atoms with Gasteiger partial charge >= 0.3 is 0 Å². The Morgan fingerprint density at radius 1 is 1.00 bits per heavy atom. The maximum absolute atomic E-state index is 14.1. The normalized spacial score (nSPS) is 10.9. The maximum Gasteiger partial charge on any atom is 0.258 e. The second kappa shape index (κ2) is 7.35. The molecule has 4 aromatic rings. The third-order valence-corrected chi connectivity index (χ3v) is 4.55. The van der Waals surface area contributed by atoms with Crippen molar-refractivity contribution in [3.05, 3.63) is 83.7 Å². The fourth-order valence-corrected chi connectivity index (χ4v) is 3.03. The number of anilines is 1. The zero-order valence-electron chi connectivity index (χ0n) is 15.7. The van der Waals surface area contributed by atoms with Gasteiger partial charge in [0, 0.05) is 23.6 Å². The van der Waals surface area contributed by atoms with Gasteiger partial charge in [0.25, 0.3) is 5.91 Å². The first-order valence-corrected chi connectivity index (χ1v) is 8.85. The first-order chi connectivity index (χ1) is 14.0. The summed E-state index contributed by atoms with van der Waals surface area (Å²) in [6, 6.07) is 13.3. The van der Waals surface area contributed by atoms with E-state index in [0.717, 1.165) is 22.5 Å². The molecule has 5 nitrogen and oxygen atoms in total. The van der Waals surface area contributed by atoms with Gasteiger partial charge in [0.1, 0.15) is 5.65 Å². The van der Waals surface area contributed by atoms with E-state index in [1.807, 2.05) is 35.9 Å². The molecule has 0 aliphatic rings. The number of carbonyl (C=O) groups is 1. The quantitative estimate of drug-likeness (QED) is 0.539. The molecule has 7 heteroatoms. The highest BCUT2D eigenvalue weighted by molar-refractivity contribution is 6.04. The highest BCUT2D eigenvalue weighted by Gasteiger charge is 2.19. The van der Waals surface area contributed by atoms with Crippen molar-refractivity contribution in [3.63, 3.8) is 0 Å². The molecular weight excluding hydrogens is 376 g/mol. The molecule has 0 unspecified atom stereocenters. The molecule has 2 heterocycles. The van der Waals surface area contributed by atoms with E-state index < -0.39 is 23.1 Å². The topological polar surface area (TPSA) is 55.6 Å². The average Bonchev–Trinajstić information content (AvgIpc) is 3.13. The Bertz CT molecular complexity index is 1220. The number of carbonyl (C=O) groups excluding carboxylic acids is 1. The number of imidazole rings is 1. The molecule has 0 fully saturated rings. The lowest BCUT2D eigenvalue weighted by Gasteiger charge is -2.09. The van der Waals surface area contributed by atoms with Gasteiger partial charge in [-0.25, -0.2) is 9.37 Å². The number of hydrogen-bond acceptors (Lipinski definition) is 3. The van der Waals surface area contributed by atoms with Crippen LogP contribution in [0, 0.1) is 18.6 Å². The predicted octanol–water partition coefficient (Wildman–Crippen LogP) is 4.85. The number of hydrogen-bond donors (Lipinski definition) is 1. The molecule has 0 atom stereocenters. The van der Waals surface area contributed by atoms with E-state index in [-0.39, 0.29) is 5.75 Å². The first-order valence-electron chi connectivity index (χ1n) is 8.85. The molecule has 4 rings (SSSR count). The molecule has 29 heavy (non-hydrogen) atoms. The van der Waals surface area contributed by atoms with Crippen LogP contribution in [0.25, 0.3) is 16.9 Å². The fourth-order valence-electron chi connectivity index (χ4n) is 3.03. The molecule has 0 aliphatic heterocycles. The molecule has 1 amide bonds. The SMILES string of the molecule is COc1ccc(C(=O)Nc2ccc(-c3cn4cc(C)ccc4n3)cc2)c(F)c1F. The van der Waals surface area contributed by atoms with Crippen molar-refractivity contribution in [1.82, 2.24) is 9.38 Å². The van der Waals surface area contributed by atoms with E-state index in [4.69, 9.17) is 4.74 Å². The second-order valence-corrected chi connectivity index (χ2v) is 6.57. The number of benzene rings is 2. The van der Waals surface area contributed by atoms with E-state index in [1.165, 1.54) is 19.2 Å². The van der Waals surface area contributed by atoms with Gasteiger partial charge in [-0.2, -0.15) is 4.39 Å². The van der Waals surface area contributed by atoms with Crippen molar-refractivity contribution in [2.24, 2.45) is 0 Å². The molecular formula is C22H17F2N3O2.